The van der Waals surface area contributed by atoms with E-state index in [1.165, 1.54) is 0 Å². The number of aryl methyl sites for hydroxylation is 3. The number of hydrogen-bond acceptors (Lipinski definition) is 6. The van der Waals surface area contributed by atoms with E-state index < -0.39 is 5.97 Å². The molecule has 2 aromatic heterocycles. The SMILES string of the molecule is Cc1noc(C)c1COc1ccc(CC(=O)OCC(=O)c2cc(C)n(C)c2C)cc1. The number of benzene rings is 1. The minimum atomic E-state index is -0.446. The van der Waals surface area contributed by atoms with Gasteiger partial charge in [-0.25, -0.2) is 0 Å². The number of hydrogen-bond donors (Lipinski definition) is 0. The van der Waals surface area contributed by atoms with Gasteiger partial charge in [-0.1, -0.05) is 17.3 Å². The van der Waals surface area contributed by atoms with Crippen LogP contribution in [-0.4, -0.2) is 28.1 Å². The molecular weight excluding hydrogens is 384 g/mol. The third-order valence-corrected chi connectivity index (χ3v) is 5.28. The molecule has 30 heavy (non-hydrogen) atoms. The van der Waals surface area contributed by atoms with Crippen molar-refractivity contribution in [1.29, 1.82) is 0 Å². The highest BCUT2D eigenvalue weighted by atomic mass is 16.5. The molecular formula is C23H26N2O5. The summed E-state index contributed by atoms with van der Waals surface area (Å²) in [5.74, 6) is 0.769. The molecule has 0 aliphatic rings. The van der Waals surface area contributed by atoms with E-state index in [4.69, 9.17) is 14.0 Å². The van der Waals surface area contributed by atoms with Crippen LogP contribution in [0.25, 0.3) is 0 Å². The highest BCUT2D eigenvalue weighted by Crippen LogP contribution is 2.18. The molecule has 0 unspecified atom stereocenters. The fraction of sp³-hybridized carbons (Fsp3) is 0.348. The number of esters is 1. The Balaban J connectivity index is 1.49. The maximum absolute atomic E-state index is 12.3. The molecule has 158 valence electrons. The van der Waals surface area contributed by atoms with Crippen molar-refractivity contribution in [2.24, 2.45) is 7.05 Å². The molecule has 1 aromatic carbocycles. The molecule has 3 aromatic rings. The van der Waals surface area contributed by atoms with Gasteiger partial charge in [0.05, 0.1) is 17.7 Å². The van der Waals surface area contributed by atoms with Crippen LogP contribution in [0.2, 0.25) is 0 Å². The summed E-state index contributed by atoms with van der Waals surface area (Å²) in [5.41, 5.74) is 4.95. The number of aromatic nitrogens is 2. The Morgan fingerprint density at radius 1 is 1.10 bits per heavy atom. The van der Waals surface area contributed by atoms with Gasteiger partial charge in [0.25, 0.3) is 0 Å². The highest BCUT2D eigenvalue weighted by molar-refractivity contribution is 5.99. The van der Waals surface area contributed by atoms with Crippen molar-refractivity contribution in [3.05, 3.63) is 69.9 Å². The molecule has 7 heteroatoms. The van der Waals surface area contributed by atoms with Crippen molar-refractivity contribution in [2.45, 2.75) is 40.7 Å². The predicted molar refractivity (Wildman–Crippen MR) is 111 cm³/mol. The van der Waals surface area contributed by atoms with E-state index >= 15 is 0 Å². The molecule has 0 aliphatic carbocycles. The molecule has 2 heterocycles. The molecule has 0 atom stereocenters. The standard InChI is InChI=1S/C23H26N2O5/c1-14-10-20(16(3)25(14)5)22(26)13-29-23(27)11-18-6-8-19(9-7-18)28-12-21-15(2)24-30-17(21)4/h6-10H,11-13H2,1-5H3. The van der Waals surface area contributed by atoms with Gasteiger partial charge in [0.2, 0.25) is 5.78 Å². The van der Waals surface area contributed by atoms with E-state index in [1.807, 2.05) is 45.4 Å². The minimum Gasteiger partial charge on any atom is -0.489 e. The number of nitrogens with zero attached hydrogens (tertiary/aromatic N) is 2. The Hall–Kier alpha value is -3.35. The fourth-order valence-electron chi connectivity index (χ4n) is 3.15. The molecule has 0 radical (unpaired) electrons. The number of carbonyl (C=O) groups excluding carboxylic acids is 2. The first-order valence-corrected chi connectivity index (χ1v) is 9.71. The second kappa shape index (κ2) is 8.98. The van der Waals surface area contributed by atoms with Crippen LogP contribution in [0.5, 0.6) is 5.75 Å². The fourth-order valence-corrected chi connectivity index (χ4v) is 3.15. The van der Waals surface area contributed by atoms with Crippen LogP contribution in [0.1, 0.15) is 44.3 Å². The first-order valence-electron chi connectivity index (χ1n) is 9.71. The van der Waals surface area contributed by atoms with E-state index in [0.29, 0.717) is 17.9 Å². The molecule has 0 saturated carbocycles. The maximum atomic E-state index is 12.3. The van der Waals surface area contributed by atoms with Crippen LogP contribution in [0, 0.1) is 27.7 Å². The van der Waals surface area contributed by atoms with Crippen LogP contribution in [0.3, 0.4) is 0 Å². The lowest BCUT2D eigenvalue weighted by Crippen LogP contribution is -2.16. The maximum Gasteiger partial charge on any atom is 0.310 e. The third-order valence-electron chi connectivity index (χ3n) is 5.28. The van der Waals surface area contributed by atoms with E-state index in [1.54, 1.807) is 24.3 Å². The van der Waals surface area contributed by atoms with Crippen molar-refractivity contribution in [1.82, 2.24) is 9.72 Å². The largest absolute Gasteiger partial charge is 0.489 e. The average Bonchev–Trinajstić information content (AvgIpc) is 3.18. The molecule has 0 saturated heterocycles. The molecule has 0 fully saturated rings. The van der Waals surface area contributed by atoms with Gasteiger partial charge in [-0.2, -0.15) is 0 Å². The molecule has 0 spiro atoms. The number of Topliss-reactive ketones (excluding diaryl/α,β-unsaturated/α-hetero) is 1. The minimum absolute atomic E-state index is 0.0875. The summed E-state index contributed by atoms with van der Waals surface area (Å²) in [6, 6.07) is 9.00. The molecule has 3 rings (SSSR count). The lowest BCUT2D eigenvalue weighted by molar-refractivity contribution is -0.141. The smallest absolute Gasteiger partial charge is 0.310 e. The van der Waals surface area contributed by atoms with E-state index in [9.17, 15) is 9.59 Å². The number of carbonyl (C=O) groups is 2. The zero-order chi connectivity index (χ0) is 21.8. The van der Waals surface area contributed by atoms with Gasteiger partial charge in [0.15, 0.2) is 6.61 Å². The van der Waals surface area contributed by atoms with Crippen molar-refractivity contribution in [2.75, 3.05) is 6.61 Å². The van der Waals surface area contributed by atoms with Crippen LogP contribution in [0.4, 0.5) is 0 Å². The summed E-state index contributed by atoms with van der Waals surface area (Å²) in [6.07, 6.45) is 0.0875. The summed E-state index contributed by atoms with van der Waals surface area (Å²) < 4.78 is 18.0. The zero-order valence-corrected chi connectivity index (χ0v) is 17.9. The average molecular weight is 410 g/mol. The molecule has 0 bridgehead atoms. The van der Waals surface area contributed by atoms with Crippen LogP contribution in [-0.2, 0) is 29.6 Å². The number of rotatable bonds is 8. The summed E-state index contributed by atoms with van der Waals surface area (Å²) in [5, 5.41) is 3.90. The van der Waals surface area contributed by atoms with Crippen molar-refractivity contribution in [3.8, 4) is 5.75 Å². The van der Waals surface area contributed by atoms with Crippen LogP contribution < -0.4 is 4.74 Å². The molecule has 0 N–H and O–H groups in total. The normalized spacial score (nSPS) is 10.8. The summed E-state index contributed by atoms with van der Waals surface area (Å²) in [4.78, 5) is 24.4. The van der Waals surface area contributed by atoms with Crippen molar-refractivity contribution < 1.29 is 23.6 Å². The van der Waals surface area contributed by atoms with Gasteiger partial charge in [-0.05, 0) is 51.5 Å². The topological polar surface area (TPSA) is 83.6 Å². The van der Waals surface area contributed by atoms with Crippen molar-refractivity contribution >= 4 is 11.8 Å². The van der Waals surface area contributed by atoms with E-state index in [-0.39, 0.29) is 18.8 Å². The molecule has 0 amide bonds. The Morgan fingerprint density at radius 2 is 1.80 bits per heavy atom. The van der Waals surface area contributed by atoms with E-state index in [0.717, 1.165) is 34.0 Å². The third kappa shape index (κ3) is 4.79. The Labute approximate surface area is 175 Å². The van der Waals surface area contributed by atoms with Crippen LogP contribution in [0.15, 0.2) is 34.9 Å². The number of ether oxygens (including phenoxy) is 2. The van der Waals surface area contributed by atoms with Gasteiger partial charge >= 0.3 is 5.97 Å². The van der Waals surface area contributed by atoms with Gasteiger partial charge in [-0.15, -0.1) is 0 Å². The Morgan fingerprint density at radius 3 is 2.37 bits per heavy atom. The second-order valence-electron chi connectivity index (χ2n) is 7.34. The van der Waals surface area contributed by atoms with Gasteiger partial charge in [0.1, 0.15) is 18.1 Å². The second-order valence-corrected chi connectivity index (χ2v) is 7.34. The summed E-state index contributed by atoms with van der Waals surface area (Å²) in [6.45, 7) is 7.62. The molecule has 7 nitrogen and oxygen atoms in total. The predicted octanol–water partition coefficient (Wildman–Crippen LogP) is 3.79. The Kier molecular flexibility index (Phi) is 6.40. The number of ketones is 1. The first-order chi connectivity index (χ1) is 14.3. The monoisotopic (exact) mass is 410 g/mol. The molecule has 0 aliphatic heterocycles. The lowest BCUT2D eigenvalue weighted by atomic mass is 10.1. The quantitative estimate of drug-likeness (QED) is 0.415. The van der Waals surface area contributed by atoms with Crippen molar-refractivity contribution in [3.63, 3.8) is 0 Å². The van der Waals surface area contributed by atoms with E-state index in [2.05, 4.69) is 5.16 Å². The van der Waals surface area contributed by atoms with Gasteiger partial charge in [0, 0.05) is 24.0 Å². The van der Waals surface area contributed by atoms with Gasteiger partial charge < -0.3 is 18.6 Å². The van der Waals surface area contributed by atoms with Crippen LogP contribution >= 0.6 is 0 Å². The summed E-state index contributed by atoms with van der Waals surface area (Å²) >= 11 is 0. The summed E-state index contributed by atoms with van der Waals surface area (Å²) in [7, 11) is 1.90. The zero-order valence-electron chi connectivity index (χ0n) is 17.9. The highest BCUT2D eigenvalue weighted by Gasteiger charge is 2.16. The van der Waals surface area contributed by atoms with Gasteiger partial charge in [-0.3, -0.25) is 9.59 Å². The lowest BCUT2D eigenvalue weighted by Gasteiger charge is -2.08. The first kappa shape index (κ1) is 21.4. The Bertz CT molecular complexity index is 1040.